The van der Waals surface area contributed by atoms with Gasteiger partial charge in [-0.25, -0.2) is 8.78 Å². The molecule has 0 amide bonds. The van der Waals surface area contributed by atoms with Crippen molar-refractivity contribution < 1.29 is 8.78 Å². The fourth-order valence-electron chi connectivity index (χ4n) is 3.08. The normalized spacial score (nSPS) is 16.7. The number of nitrogens with zero attached hydrogens (tertiary/aromatic N) is 1. The number of hydrogen-bond acceptors (Lipinski definition) is 2. The second kappa shape index (κ2) is 7.02. The average Bonchev–Trinajstić information content (AvgIpc) is 2.40. The zero-order chi connectivity index (χ0) is 14.5. The van der Waals surface area contributed by atoms with Gasteiger partial charge in [0.15, 0.2) is 0 Å². The van der Waals surface area contributed by atoms with Crippen molar-refractivity contribution in [2.24, 2.45) is 5.92 Å². The van der Waals surface area contributed by atoms with E-state index in [0.717, 1.165) is 25.9 Å². The number of rotatable bonds is 5. The van der Waals surface area contributed by atoms with Gasteiger partial charge in [-0.1, -0.05) is 19.8 Å². The first-order valence-corrected chi connectivity index (χ1v) is 7.53. The first kappa shape index (κ1) is 15.2. The smallest absolute Gasteiger partial charge is 0.149 e. The van der Waals surface area contributed by atoms with Crippen LogP contribution in [0, 0.1) is 17.6 Å². The summed E-state index contributed by atoms with van der Waals surface area (Å²) in [5, 5.41) is 2.91. The first-order chi connectivity index (χ1) is 9.65. The second-order valence-electron chi connectivity index (χ2n) is 5.66. The van der Waals surface area contributed by atoms with E-state index in [2.05, 4.69) is 12.2 Å². The van der Waals surface area contributed by atoms with Crippen LogP contribution in [0.1, 0.15) is 38.2 Å². The minimum Gasteiger partial charge on any atom is -0.367 e. The van der Waals surface area contributed by atoms with E-state index in [9.17, 15) is 8.78 Å². The van der Waals surface area contributed by atoms with E-state index in [4.69, 9.17) is 0 Å². The summed E-state index contributed by atoms with van der Waals surface area (Å²) in [4.78, 5) is 1.86. The van der Waals surface area contributed by atoms with Gasteiger partial charge < -0.3 is 10.2 Å². The molecular weight excluding hydrogens is 258 g/mol. The van der Waals surface area contributed by atoms with E-state index in [1.54, 1.807) is 7.05 Å². The zero-order valence-corrected chi connectivity index (χ0v) is 12.4. The van der Waals surface area contributed by atoms with E-state index >= 15 is 0 Å². The molecule has 0 unspecified atom stereocenters. The van der Waals surface area contributed by atoms with E-state index in [1.807, 2.05) is 4.90 Å². The van der Waals surface area contributed by atoms with Gasteiger partial charge in [0.25, 0.3) is 0 Å². The summed E-state index contributed by atoms with van der Waals surface area (Å²) in [6.45, 7) is 4.17. The number of nitrogens with one attached hydrogen (secondary N) is 1. The molecule has 1 aromatic carbocycles. The van der Waals surface area contributed by atoms with Crippen LogP contribution >= 0.6 is 0 Å². The fourth-order valence-corrected chi connectivity index (χ4v) is 3.08. The van der Waals surface area contributed by atoms with E-state index in [1.165, 1.54) is 25.0 Å². The van der Waals surface area contributed by atoms with Gasteiger partial charge in [0.2, 0.25) is 0 Å². The Morgan fingerprint density at radius 1 is 1.20 bits per heavy atom. The minimum atomic E-state index is -0.441. The van der Waals surface area contributed by atoms with Crippen molar-refractivity contribution in [2.75, 3.05) is 25.0 Å². The minimum absolute atomic E-state index is 0.153. The van der Waals surface area contributed by atoms with Gasteiger partial charge in [-0.2, -0.15) is 0 Å². The van der Waals surface area contributed by atoms with E-state index in [-0.39, 0.29) is 5.69 Å². The van der Waals surface area contributed by atoms with Gasteiger partial charge in [0, 0.05) is 19.6 Å². The Kier molecular flexibility index (Phi) is 5.35. The van der Waals surface area contributed by atoms with Crippen molar-refractivity contribution in [1.29, 1.82) is 0 Å². The van der Waals surface area contributed by atoms with Crippen LogP contribution in [0.4, 0.5) is 14.5 Å². The Labute approximate surface area is 120 Å². The molecule has 0 aliphatic carbocycles. The largest absolute Gasteiger partial charge is 0.367 e. The van der Waals surface area contributed by atoms with Gasteiger partial charge >= 0.3 is 0 Å². The van der Waals surface area contributed by atoms with Crippen molar-refractivity contribution >= 4 is 5.69 Å². The number of benzene rings is 1. The molecule has 0 spiro atoms. The van der Waals surface area contributed by atoms with Gasteiger partial charge in [-0.05, 0) is 43.5 Å². The number of halogens is 2. The molecule has 1 aliphatic heterocycles. The molecule has 1 fully saturated rings. The first-order valence-electron chi connectivity index (χ1n) is 7.53. The third kappa shape index (κ3) is 3.48. The van der Waals surface area contributed by atoms with E-state index in [0.29, 0.717) is 18.0 Å². The molecule has 1 N–H and O–H groups in total. The molecule has 1 aliphatic rings. The van der Waals surface area contributed by atoms with Crippen LogP contribution in [0.5, 0.6) is 0 Å². The Balaban J connectivity index is 2.10. The fraction of sp³-hybridized carbons (Fsp3) is 0.625. The molecule has 4 heteroatoms. The van der Waals surface area contributed by atoms with Gasteiger partial charge in [-0.15, -0.1) is 0 Å². The lowest BCUT2D eigenvalue weighted by molar-refractivity contribution is 0.374. The molecule has 2 nitrogen and oxygen atoms in total. The summed E-state index contributed by atoms with van der Waals surface area (Å²) in [5.41, 5.74) is 0.798. The third-order valence-corrected chi connectivity index (χ3v) is 4.09. The second-order valence-corrected chi connectivity index (χ2v) is 5.66. The quantitative estimate of drug-likeness (QED) is 0.886. The predicted molar refractivity (Wildman–Crippen MR) is 79.0 cm³/mol. The third-order valence-electron chi connectivity index (χ3n) is 4.09. The Hall–Kier alpha value is -1.16. The van der Waals surface area contributed by atoms with E-state index < -0.39 is 11.6 Å². The van der Waals surface area contributed by atoms with Gasteiger partial charge in [0.05, 0.1) is 0 Å². The molecule has 1 heterocycles. The summed E-state index contributed by atoms with van der Waals surface area (Å²) in [6, 6.07) is 2.88. The maximum atomic E-state index is 14.2. The lowest BCUT2D eigenvalue weighted by Gasteiger charge is -2.34. The lowest BCUT2D eigenvalue weighted by atomic mass is 9.92. The molecule has 1 aromatic rings. The Morgan fingerprint density at radius 2 is 1.80 bits per heavy atom. The van der Waals surface area contributed by atoms with Crippen molar-refractivity contribution in [1.82, 2.24) is 5.32 Å². The molecular formula is C16H24F2N2. The summed E-state index contributed by atoms with van der Waals surface area (Å²) in [7, 11) is 1.77. The molecule has 20 heavy (non-hydrogen) atoms. The zero-order valence-electron chi connectivity index (χ0n) is 12.4. The highest BCUT2D eigenvalue weighted by Gasteiger charge is 2.23. The van der Waals surface area contributed by atoms with Gasteiger partial charge in [-0.3, -0.25) is 0 Å². The highest BCUT2D eigenvalue weighted by atomic mass is 19.1. The van der Waals surface area contributed by atoms with Crippen molar-refractivity contribution in [2.45, 2.75) is 39.2 Å². The summed E-state index contributed by atoms with van der Waals surface area (Å²) in [6.07, 6.45) is 4.47. The van der Waals surface area contributed by atoms with Crippen LogP contribution < -0.4 is 10.2 Å². The SMILES string of the molecule is CCCC1CCN(c2c(F)cc(CNC)cc2F)CC1. The monoisotopic (exact) mass is 282 g/mol. The average molecular weight is 282 g/mol. The molecule has 0 bridgehead atoms. The molecule has 1 saturated heterocycles. The molecule has 0 atom stereocenters. The lowest BCUT2D eigenvalue weighted by Crippen LogP contribution is -2.35. The number of anilines is 1. The molecule has 0 aromatic heterocycles. The highest BCUT2D eigenvalue weighted by molar-refractivity contribution is 5.51. The maximum Gasteiger partial charge on any atom is 0.149 e. The van der Waals surface area contributed by atoms with Crippen molar-refractivity contribution in [3.63, 3.8) is 0 Å². The van der Waals surface area contributed by atoms with Crippen LogP contribution in [0.2, 0.25) is 0 Å². The molecule has 0 saturated carbocycles. The molecule has 0 radical (unpaired) electrons. The van der Waals surface area contributed by atoms with Crippen LogP contribution in [0.15, 0.2) is 12.1 Å². The van der Waals surface area contributed by atoms with Gasteiger partial charge in [0.1, 0.15) is 17.3 Å². The summed E-state index contributed by atoms with van der Waals surface area (Å²) in [5.74, 6) is -0.167. The molecule has 112 valence electrons. The van der Waals surface area contributed by atoms with Crippen LogP contribution in [-0.2, 0) is 6.54 Å². The Bertz CT molecular complexity index is 417. The predicted octanol–water partition coefficient (Wildman–Crippen LogP) is 3.70. The topological polar surface area (TPSA) is 15.3 Å². The summed E-state index contributed by atoms with van der Waals surface area (Å²) < 4.78 is 28.3. The van der Waals surface area contributed by atoms with Crippen LogP contribution in [0.3, 0.4) is 0 Å². The molecule has 2 rings (SSSR count). The highest BCUT2D eigenvalue weighted by Crippen LogP contribution is 2.30. The summed E-state index contributed by atoms with van der Waals surface area (Å²) >= 11 is 0. The van der Waals surface area contributed by atoms with Crippen LogP contribution in [-0.4, -0.2) is 20.1 Å². The standard InChI is InChI=1S/C16H24F2N2/c1-3-4-12-5-7-20(8-6-12)16-14(17)9-13(11-19-2)10-15(16)18/h9-10,12,19H,3-8,11H2,1-2H3. The van der Waals surface area contributed by atoms with Crippen LogP contribution in [0.25, 0.3) is 0 Å². The van der Waals surface area contributed by atoms with Crippen molar-refractivity contribution in [3.05, 3.63) is 29.3 Å². The van der Waals surface area contributed by atoms with Crippen molar-refractivity contribution in [3.8, 4) is 0 Å². The maximum absolute atomic E-state index is 14.2. The Morgan fingerprint density at radius 3 is 2.30 bits per heavy atom. The number of piperidine rings is 1. The number of hydrogen-bond donors (Lipinski definition) is 1.